The maximum Gasteiger partial charge on any atom is 0.131 e. The number of benzene rings is 2. The molecule has 0 bridgehead atoms. The van der Waals surface area contributed by atoms with Gasteiger partial charge < -0.3 is 10.6 Å². The topological polar surface area (TPSA) is 24.1 Å². The Balaban J connectivity index is 2.37. The molecule has 0 saturated carbocycles. The highest BCUT2D eigenvalue weighted by atomic mass is 19.1. The van der Waals surface area contributed by atoms with Gasteiger partial charge in [0.05, 0.1) is 6.04 Å². The van der Waals surface area contributed by atoms with Crippen molar-refractivity contribution in [1.29, 1.82) is 0 Å². The summed E-state index contributed by atoms with van der Waals surface area (Å²) in [5.74, 6) is -1.11. The van der Waals surface area contributed by atoms with Crippen LogP contribution in [0.4, 0.5) is 14.5 Å². The number of halogens is 2. The lowest BCUT2D eigenvalue weighted by Crippen LogP contribution is -2.19. The van der Waals surface area contributed by atoms with E-state index < -0.39 is 11.6 Å². The molecule has 0 radical (unpaired) electrons. The second kappa shape index (κ2) is 5.80. The molecular weight excluding hydrogens is 246 g/mol. The molecule has 2 rings (SSSR count). The smallest absolute Gasteiger partial charge is 0.131 e. The Morgan fingerprint density at radius 1 is 0.947 bits per heavy atom. The molecule has 4 heteroatoms. The Kier molecular flexibility index (Phi) is 4.12. The summed E-state index contributed by atoms with van der Waals surface area (Å²) < 4.78 is 26.8. The highest BCUT2D eigenvalue weighted by Crippen LogP contribution is 2.25. The number of hydrogen-bond acceptors (Lipinski definition) is 2. The molecule has 0 aliphatic rings. The number of anilines is 1. The summed E-state index contributed by atoms with van der Waals surface area (Å²) in [6.45, 7) is 0. The van der Waals surface area contributed by atoms with Crippen molar-refractivity contribution in [1.82, 2.24) is 5.32 Å². The van der Waals surface area contributed by atoms with Crippen molar-refractivity contribution in [3.8, 4) is 0 Å². The lowest BCUT2D eigenvalue weighted by Gasteiger charge is -2.18. The first-order valence-electron chi connectivity index (χ1n) is 6.05. The number of rotatable bonds is 4. The van der Waals surface area contributed by atoms with Crippen LogP contribution in [0.3, 0.4) is 0 Å². The second-order valence-corrected chi connectivity index (χ2v) is 4.26. The van der Waals surface area contributed by atoms with Crippen molar-refractivity contribution in [2.75, 3.05) is 19.4 Å². The third-order valence-corrected chi connectivity index (χ3v) is 3.09. The van der Waals surface area contributed by atoms with Crippen molar-refractivity contribution in [2.24, 2.45) is 0 Å². The molecule has 2 aromatic rings. The van der Waals surface area contributed by atoms with Gasteiger partial charge in [0.25, 0.3) is 0 Å². The average Bonchev–Trinajstić information content (AvgIpc) is 2.42. The first-order valence-corrected chi connectivity index (χ1v) is 6.05. The molecule has 1 atom stereocenters. The highest BCUT2D eigenvalue weighted by Gasteiger charge is 2.16. The third-order valence-electron chi connectivity index (χ3n) is 3.09. The fourth-order valence-corrected chi connectivity index (χ4v) is 2.08. The van der Waals surface area contributed by atoms with Gasteiger partial charge in [-0.1, -0.05) is 18.2 Å². The van der Waals surface area contributed by atoms with Crippen molar-refractivity contribution >= 4 is 5.69 Å². The molecule has 0 aliphatic heterocycles. The van der Waals surface area contributed by atoms with E-state index >= 15 is 0 Å². The van der Waals surface area contributed by atoms with E-state index in [0.29, 0.717) is 5.56 Å². The van der Waals surface area contributed by atoms with Gasteiger partial charge in [0.15, 0.2) is 0 Å². The minimum Gasteiger partial charge on any atom is -0.388 e. The summed E-state index contributed by atoms with van der Waals surface area (Å²) in [5, 5.41) is 6.08. The Labute approximate surface area is 111 Å². The van der Waals surface area contributed by atoms with E-state index in [1.165, 1.54) is 12.1 Å². The number of nitrogens with one attached hydrogen (secondary N) is 2. The van der Waals surface area contributed by atoms with E-state index in [2.05, 4.69) is 10.6 Å². The molecule has 2 aromatic carbocycles. The van der Waals surface area contributed by atoms with Gasteiger partial charge in [-0.15, -0.1) is 0 Å². The molecule has 0 spiro atoms. The minimum absolute atomic E-state index is 0.300. The molecular formula is C15H16F2N2. The average molecular weight is 262 g/mol. The largest absolute Gasteiger partial charge is 0.388 e. The van der Waals surface area contributed by atoms with Crippen LogP contribution in [0.2, 0.25) is 0 Å². The van der Waals surface area contributed by atoms with Gasteiger partial charge in [-0.2, -0.15) is 0 Å². The van der Waals surface area contributed by atoms with E-state index in [1.54, 1.807) is 7.05 Å². The van der Waals surface area contributed by atoms with Crippen molar-refractivity contribution in [2.45, 2.75) is 6.04 Å². The molecule has 2 N–H and O–H groups in total. The van der Waals surface area contributed by atoms with Gasteiger partial charge in [0.2, 0.25) is 0 Å². The first kappa shape index (κ1) is 13.5. The predicted octanol–water partition coefficient (Wildman–Crippen LogP) is 3.32. The van der Waals surface area contributed by atoms with Crippen LogP contribution in [-0.2, 0) is 0 Å². The van der Waals surface area contributed by atoms with Crippen LogP contribution in [0.15, 0.2) is 42.5 Å². The van der Waals surface area contributed by atoms with Gasteiger partial charge in [-0.25, -0.2) is 8.78 Å². The maximum atomic E-state index is 13.8. The predicted molar refractivity (Wildman–Crippen MR) is 73.2 cm³/mol. The van der Waals surface area contributed by atoms with Gasteiger partial charge in [0, 0.05) is 24.4 Å². The molecule has 0 aliphatic carbocycles. The Bertz CT molecular complexity index is 553. The van der Waals surface area contributed by atoms with Crippen LogP contribution in [0.1, 0.15) is 17.2 Å². The Morgan fingerprint density at radius 3 is 2.16 bits per heavy atom. The summed E-state index contributed by atoms with van der Waals surface area (Å²) in [5.41, 5.74) is 2.34. The van der Waals surface area contributed by atoms with Crippen LogP contribution < -0.4 is 10.6 Å². The fraction of sp³-hybridized carbons (Fsp3) is 0.200. The molecule has 0 fully saturated rings. The Morgan fingerprint density at radius 2 is 1.63 bits per heavy atom. The van der Waals surface area contributed by atoms with E-state index in [0.717, 1.165) is 17.3 Å². The molecule has 2 nitrogen and oxygen atoms in total. The minimum atomic E-state index is -0.568. The quantitative estimate of drug-likeness (QED) is 0.883. The SMILES string of the molecule is CNc1ccc(C(NC)c2ccc(F)cc2F)cc1. The van der Waals surface area contributed by atoms with Crippen LogP contribution >= 0.6 is 0 Å². The monoisotopic (exact) mass is 262 g/mol. The van der Waals surface area contributed by atoms with Crippen LogP contribution in [-0.4, -0.2) is 14.1 Å². The zero-order chi connectivity index (χ0) is 13.8. The molecule has 0 saturated heterocycles. The standard InChI is InChI=1S/C15H16F2N2/c1-18-12-6-3-10(4-7-12)15(19-2)13-8-5-11(16)9-14(13)17/h3-9,15,18-19H,1-2H3. The molecule has 1 unspecified atom stereocenters. The molecule has 0 heterocycles. The lowest BCUT2D eigenvalue weighted by atomic mass is 9.98. The summed E-state index contributed by atoms with van der Waals surface area (Å²) in [4.78, 5) is 0. The van der Waals surface area contributed by atoms with Crippen LogP contribution in [0, 0.1) is 11.6 Å². The zero-order valence-electron chi connectivity index (χ0n) is 10.9. The van der Waals surface area contributed by atoms with Gasteiger partial charge in [-0.3, -0.25) is 0 Å². The van der Waals surface area contributed by atoms with E-state index in [4.69, 9.17) is 0 Å². The first-order chi connectivity index (χ1) is 9.15. The van der Waals surface area contributed by atoms with Crippen molar-refractivity contribution < 1.29 is 8.78 Å². The van der Waals surface area contributed by atoms with Gasteiger partial charge in [-0.05, 0) is 30.8 Å². The second-order valence-electron chi connectivity index (χ2n) is 4.26. The maximum absolute atomic E-state index is 13.8. The molecule has 19 heavy (non-hydrogen) atoms. The third kappa shape index (κ3) is 2.90. The summed E-state index contributed by atoms with van der Waals surface area (Å²) >= 11 is 0. The van der Waals surface area contributed by atoms with E-state index in [9.17, 15) is 8.78 Å². The molecule has 0 amide bonds. The summed E-state index contributed by atoms with van der Waals surface area (Å²) in [6.07, 6.45) is 0. The van der Waals surface area contributed by atoms with Crippen LogP contribution in [0.25, 0.3) is 0 Å². The van der Waals surface area contributed by atoms with Gasteiger partial charge >= 0.3 is 0 Å². The Hall–Kier alpha value is -1.94. The van der Waals surface area contributed by atoms with Gasteiger partial charge in [0.1, 0.15) is 11.6 Å². The molecule has 100 valence electrons. The fourth-order valence-electron chi connectivity index (χ4n) is 2.08. The highest BCUT2D eigenvalue weighted by molar-refractivity contribution is 5.46. The van der Waals surface area contributed by atoms with Crippen molar-refractivity contribution in [3.63, 3.8) is 0 Å². The number of hydrogen-bond donors (Lipinski definition) is 2. The van der Waals surface area contributed by atoms with Crippen molar-refractivity contribution in [3.05, 3.63) is 65.2 Å². The normalized spacial score (nSPS) is 12.2. The summed E-state index contributed by atoms with van der Waals surface area (Å²) in [6, 6.07) is 11.0. The lowest BCUT2D eigenvalue weighted by molar-refractivity contribution is 0.552. The summed E-state index contributed by atoms with van der Waals surface area (Å²) in [7, 11) is 3.59. The van der Waals surface area contributed by atoms with E-state index in [-0.39, 0.29) is 6.04 Å². The zero-order valence-corrected chi connectivity index (χ0v) is 10.9. The van der Waals surface area contributed by atoms with Crippen LogP contribution in [0.5, 0.6) is 0 Å². The van der Waals surface area contributed by atoms with E-state index in [1.807, 2.05) is 31.3 Å². The molecule has 0 aromatic heterocycles.